The zero-order chi connectivity index (χ0) is 21.5. The van der Waals surface area contributed by atoms with Crippen molar-refractivity contribution in [3.63, 3.8) is 0 Å². The maximum atomic E-state index is 13.4. The predicted molar refractivity (Wildman–Crippen MR) is 113 cm³/mol. The monoisotopic (exact) mass is 409 g/mol. The molecule has 158 valence electrons. The summed E-state index contributed by atoms with van der Waals surface area (Å²) in [5.41, 5.74) is 3.75. The lowest BCUT2D eigenvalue weighted by Crippen LogP contribution is -2.49. The number of nitrogens with zero attached hydrogens (tertiary/aromatic N) is 2. The minimum Gasteiger partial charge on any atom is -0.326 e. The fourth-order valence-electron chi connectivity index (χ4n) is 3.81. The Hall–Kier alpha value is -3.19. The van der Waals surface area contributed by atoms with Gasteiger partial charge in [-0.2, -0.15) is 0 Å². The highest BCUT2D eigenvalue weighted by molar-refractivity contribution is 6.10. The lowest BCUT2D eigenvalue weighted by Gasteiger charge is -2.30. The topological polar surface area (TPSA) is 90.0 Å². The van der Waals surface area contributed by atoms with Crippen molar-refractivity contribution in [1.82, 2.24) is 10.4 Å². The van der Waals surface area contributed by atoms with Crippen LogP contribution in [-0.2, 0) is 16.0 Å². The fourth-order valence-corrected chi connectivity index (χ4v) is 3.81. The molecule has 2 aromatic carbocycles. The molecule has 1 heterocycles. The molecular formula is C23H27N3O4. The van der Waals surface area contributed by atoms with E-state index in [2.05, 4.69) is 0 Å². The van der Waals surface area contributed by atoms with Crippen LogP contribution in [0.15, 0.2) is 54.6 Å². The second kappa shape index (κ2) is 10.0. The maximum absolute atomic E-state index is 13.4. The van der Waals surface area contributed by atoms with Gasteiger partial charge < -0.3 is 9.80 Å². The van der Waals surface area contributed by atoms with Crippen molar-refractivity contribution in [3.8, 4) is 0 Å². The average molecular weight is 409 g/mol. The number of anilines is 1. The highest BCUT2D eigenvalue weighted by Gasteiger charge is 2.37. The second-order valence-electron chi connectivity index (χ2n) is 7.46. The Kier molecular flexibility index (Phi) is 7.19. The molecule has 7 nitrogen and oxygen atoms in total. The third-order valence-electron chi connectivity index (χ3n) is 5.45. The second-order valence-corrected chi connectivity index (χ2v) is 7.46. The van der Waals surface area contributed by atoms with E-state index in [0.29, 0.717) is 43.5 Å². The van der Waals surface area contributed by atoms with Gasteiger partial charge in [-0.3, -0.25) is 19.6 Å². The number of amides is 3. The number of likely N-dealkylation sites (N-methyl/N-ethyl adjacent to an activating group) is 1. The first-order valence-electron chi connectivity index (χ1n) is 10.2. The van der Waals surface area contributed by atoms with Crippen LogP contribution < -0.4 is 10.4 Å². The van der Waals surface area contributed by atoms with Gasteiger partial charge in [0.25, 0.3) is 5.91 Å². The number of benzene rings is 2. The van der Waals surface area contributed by atoms with E-state index in [1.807, 2.05) is 36.4 Å². The molecule has 0 aliphatic carbocycles. The molecule has 2 N–H and O–H groups in total. The number of hydrogen-bond donors (Lipinski definition) is 2. The van der Waals surface area contributed by atoms with Crippen LogP contribution in [0, 0.1) is 0 Å². The quantitative estimate of drug-likeness (QED) is 0.399. The van der Waals surface area contributed by atoms with Gasteiger partial charge in [0.2, 0.25) is 11.8 Å². The maximum Gasteiger partial charge on any atom is 0.256 e. The SMILES string of the molecule is CN1C(=O)[C@H](Cc2ccccc2)N(CCCCCC(=O)NO)C(=O)c2ccccc21. The van der Waals surface area contributed by atoms with Crippen LogP contribution in [-0.4, -0.2) is 47.5 Å². The van der Waals surface area contributed by atoms with E-state index in [1.165, 1.54) is 0 Å². The van der Waals surface area contributed by atoms with E-state index < -0.39 is 11.9 Å². The van der Waals surface area contributed by atoms with Gasteiger partial charge in [-0.15, -0.1) is 0 Å². The summed E-state index contributed by atoms with van der Waals surface area (Å²) < 4.78 is 0. The predicted octanol–water partition coefficient (Wildman–Crippen LogP) is 2.78. The summed E-state index contributed by atoms with van der Waals surface area (Å²) in [6.45, 7) is 0.422. The Balaban J connectivity index is 1.82. The summed E-state index contributed by atoms with van der Waals surface area (Å²) in [5, 5.41) is 8.59. The highest BCUT2D eigenvalue weighted by atomic mass is 16.5. The summed E-state index contributed by atoms with van der Waals surface area (Å²) in [7, 11) is 1.71. The summed E-state index contributed by atoms with van der Waals surface area (Å²) in [6.07, 6.45) is 2.64. The van der Waals surface area contributed by atoms with E-state index in [0.717, 1.165) is 5.56 Å². The van der Waals surface area contributed by atoms with E-state index in [4.69, 9.17) is 5.21 Å². The number of unbranched alkanes of at least 4 members (excludes halogenated alkanes) is 2. The smallest absolute Gasteiger partial charge is 0.256 e. The Bertz CT molecular complexity index is 900. The number of para-hydroxylation sites is 1. The third-order valence-corrected chi connectivity index (χ3v) is 5.45. The van der Waals surface area contributed by atoms with Crippen molar-refractivity contribution < 1.29 is 19.6 Å². The van der Waals surface area contributed by atoms with Crippen LogP contribution in [0.1, 0.15) is 41.6 Å². The largest absolute Gasteiger partial charge is 0.326 e. The van der Waals surface area contributed by atoms with Crippen LogP contribution in [0.25, 0.3) is 0 Å². The Morgan fingerprint density at radius 2 is 1.70 bits per heavy atom. The molecule has 0 saturated carbocycles. The van der Waals surface area contributed by atoms with E-state index >= 15 is 0 Å². The molecule has 1 aliphatic heterocycles. The van der Waals surface area contributed by atoms with Crippen LogP contribution in [0.4, 0.5) is 5.69 Å². The van der Waals surface area contributed by atoms with Gasteiger partial charge in [-0.1, -0.05) is 48.9 Å². The van der Waals surface area contributed by atoms with Gasteiger partial charge in [0.15, 0.2) is 0 Å². The van der Waals surface area contributed by atoms with Crippen molar-refractivity contribution in [2.45, 2.75) is 38.1 Å². The number of carbonyl (C=O) groups is 3. The van der Waals surface area contributed by atoms with Gasteiger partial charge in [-0.25, -0.2) is 5.48 Å². The molecule has 3 amide bonds. The minimum absolute atomic E-state index is 0.114. The number of hydrogen-bond acceptors (Lipinski definition) is 4. The van der Waals surface area contributed by atoms with Gasteiger partial charge in [0.1, 0.15) is 6.04 Å². The zero-order valence-electron chi connectivity index (χ0n) is 17.1. The molecule has 1 atom stereocenters. The normalized spacial score (nSPS) is 16.3. The van der Waals surface area contributed by atoms with Gasteiger partial charge in [0, 0.05) is 26.4 Å². The van der Waals surface area contributed by atoms with Crippen molar-refractivity contribution >= 4 is 23.4 Å². The third kappa shape index (κ3) is 4.86. The number of rotatable bonds is 8. The van der Waals surface area contributed by atoms with Crippen molar-refractivity contribution in [3.05, 3.63) is 65.7 Å². The van der Waals surface area contributed by atoms with E-state index in [-0.39, 0.29) is 18.2 Å². The Morgan fingerprint density at radius 1 is 1.00 bits per heavy atom. The molecule has 30 heavy (non-hydrogen) atoms. The van der Waals surface area contributed by atoms with Gasteiger partial charge in [-0.05, 0) is 30.5 Å². The first-order chi connectivity index (χ1) is 14.5. The van der Waals surface area contributed by atoms with Crippen LogP contribution in [0.5, 0.6) is 0 Å². The fraction of sp³-hybridized carbons (Fsp3) is 0.348. The number of fused-ring (bicyclic) bond motifs is 1. The van der Waals surface area contributed by atoms with E-state index in [9.17, 15) is 14.4 Å². The standard InChI is InChI=1S/C23H27N3O4/c1-25-19-13-8-7-12-18(19)22(28)26(15-9-3-6-14-21(27)24-30)20(23(25)29)16-17-10-4-2-5-11-17/h2,4-5,7-8,10-13,20,30H,3,6,9,14-16H2,1H3,(H,24,27)/t20-/m0/s1. The molecular weight excluding hydrogens is 382 g/mol. The van der Waals surface area contributed by atoms with Crippen molar-refractivity contribution in [2.75, 3.05) is 18.5 Å². The van der Waals surface area contributed by atoms with Gasteiger partial charge >= 0.3 is 0 Å². The number of hydroxylamine groups is 1. The Labute approximate surface area is 176 Å². The van der Waals surface area contributed by atoms with Crippen LogP contribution in [0.2, 0.25) is 0 Å². The number of nitrogens with one attached hydrogen (secondary N) is 1. The molecule has 0 spiro atoms. The van der Waals surface area contributed by atoms with Gasteiger partial charge in [0.05, 0.1) is 11.3 Å². The molecule has 0 fully saturated rings. The summed E-state index contributed by atoms with van der Waals surface area (Å²) in [6, 6.07) is 16.3. The molecule has 0 bridgehead atoms. The average Bonchev–Trinajstić information content (AvgIpc) is 2.85. The molecule has 0 unspecified atom stereocenters. The Morgan fingerprint density at radius 3 is 2.43 bits per heavy atom. The molecule has 1 aliphatic rings. The number of carbonyl (C=O) groups excluding carboxylic acids is 3. The van der Waals surface area contributed by atoms with Crippen molar-refractivity contribution in [1.29, 1.82) is 0 Å². The van der Waals surface area contributed by atoms with Crippen LogP contribution in [0.3, 0.4) is 0 Å². The molecule has 2 aromatic rings. The lowest BCUT2D eigenvalue weighted by molar-refractivity contribution is -0.129. The summed E-state index contributed by atoms with van der Waals surface area (Å²) in [4.78, 5) is 41.1. The molecule has 7 heteroatoms. The first kappa shape index (κ1) is 21.5. The summed E-state index contributed by atoms with van der Waals surface area (Å²) >= 11 is 0. The zero-order valence-corrected chi connectivity index (χ0v) is 17.1. The lowest BCUT2D eigenvalue weighted by atomic mass is 10.0. The molecule has 0 saturated heterocycles. The molecule has 3 rings (SSSR count). The first-order valence-corrected chi connectivity index (χ1v) is 10.2. The van der Waals surface area contributed by atoms with E-state index in [1.54, 1.807) is 40.5 Å². The summed E-state index contributed by atoms with van der Waals surface area (Å²) in [5.74, 6) is -0.692. The highest BCUT2D eigenvalue weighted by Crippen LogP contribution is 2.28. The van der Waals surface area contributed by atoms with Crippen LogP contribution >= 0.6 is 0 Å². The van der Waals surface area contributed by atoms with Crippen molar-refractivity contribution in [2.24, 2.45) is 0 Å². The molecule has 0 aromatic heterocycles. The minimum atomic E-state index is -0.599. The molecule has 0 radical (unpaired) electrons.